The number of rotatable bonds is 4. The van der Waals surface area contributed by atoms with Gasteiger partial charge in [0.25, 0.3) is 0 Å². The first kappa shape index (κ1) is 12.1. The van der Waals surface area contributed by atoms with E-state index >= 15 is 0 Å². The molecule has 0 spiro atoms. The van der Waals surface area contributed by atoms with Crippen LogP contribution in [0.5, 0.6) is 0 Å². The fourth-order valence-electron chi connectivity index (χ4n) is 1.36. The molecule has 2 nitrogen and oxygen atoms in total. The summed E-state index contributed by atoms with van der Waals surface area (Å²) in [6, 6.07) is 2.70. The minimum atomic E-state index is -0.487. The van der Waals surface area contributed by atoms with E-state index in [9.17, 15) is 4.39 Å². The van der Waals surface area contributed by atoms with E-state index < -0.39 is 5.82 Å². The molecule has 0 unspecified atom stereocenters. The fraction of sp³-hybridized carbons (Fsp3) is 0.455. The van der Waals surface area contributed by atoms with Gasteiger partial charge >= 0.3 is 0 Å². The van der Waals surface area contributed by atoms with Crippen molar-refractivity contribution in [2.45, 2.75) is 19.1 Å². The third-order valence-electron chi connectivity index (χ3n) is 2.41. The van der Waals surface area contributed by atoms with Crippen molar-refractivity contribution in [3.8, 4) is 0 Å². The summed E-state index contributed by atoms with van der Waals surface area (Å²) in [5.41, 5.74) is 0.601. The van der Waals surface area contributed by atoms with Crippen LogP contribution in [0.3, 0.4) is 0 Å². The van der Waals surface area contributed by atoms with Gasteiger partial charge in [-0.25, -0.2) is 4.39 Å². The number of epoxide rings is 1. The SMILES string of the molecule is C[C@H](OC[C@H]1CO1)c1cc(F)c(Cl)cc1Cl. The smallest absolute Gasteiger partial charge is 0.142 e. The van der Waals surface area contributed by atoms with Crippen molar-refractivity contribution in [3.63, 3.8) is 0 Å². The molecule has 2 atom stereocenters. The van der Waals surface area contributed by atoms with Crippen molar-refractivity contribution in [3.05, 3.63) is 33.6 Å². The molecule has 1 aliphatic heterocycles. The fourth-order valence-corrected chi connectivity index (χ4v) is 1.89. The Labute approximate surface area is 103 Å². The molecule has 0 amide bonds. The van der Waals surface area contributed by atoms with E-state index in [1.807, 2.05) is 6.92 Å². The van der Waals surface area contributed by atoms with Gasteiger partial charge in [0.05, 0.1) is 24.3 Å². The molecule has 88 valence electrons. The molecule has 2 rings (SSSR count). The monoisotopic (exact) mass is 264 g/mol. The zero-order valence-electron chi connectivity index (χ0n) is 8.67. The van der Waals surface area contributed by atoms with E-state index in [1.165, 1.54) is 12.1 Å². The molecular formula is C11H11Cl2FO2. The second-order valence-corrected chi connectivity index (χ2v) is 4.53. The summed E-state index contributed by atoms with van der Waals surface area (Å²) in [4.78, 5) is 0. The van der Waals surface area contributed by atoms with E-state index in [0.717, 1.165) is 6.61 Å². The maximum Gasteiger partial charge on any atom is 0.142 e. The van der Waals surface area contributed by atoms with E-state index in [-0.39, 0.29) is 17.2 Å². The summed E-state index contributed by atoms with van der Waals surface area (Å²) in [5.74, 6) is -0.487. The van der Waals surface area contributed by atoms with Crippen molar-refractivity contribution < 1.29 is 13.9 Å². The molecule has 0 N–H and O–H groups in total. The predicted octanol–water partition coefficient (Wildman–Crippen LogP) is 3.61. The van der Waals surface area contributed by atoms with Crippen LogP contribution in [-0.2, 0) is 9.47 Å². The number of benzene rings is 1. The average molecular weight is 265 g/mol. The first-order valence-corrected chi connectivity index (χ1v) is 5.71. The molecule has 0 aliphatic carbocycles. The first-order valence-electron chi connectivity index (χ1n) is 4.95. The van der Waals surface area contributed by atoms with Gasteiger partial charge in [-0.15, -0.1) is 0 Å². The molecule has 1 aliphatic rings. The van der Waals surface area contributed by atoms with E-state index in [1.54, 1.807) is 0 Å². The van der Waals surface area contributed by atoms with Gasteiger partial charge in [-0.05, 0) is 19.1 Å². The molecule has 0 saturated carbocycles. The van der Waals surface area contributed by atoms with Crippen LogP contribution in [0.2, 0.25) is 10.0 Å². The van der Waals surface area contributed by atoms with Gasteiger partial charge in [0.15, 0.2) is 0 Å². The Morgan fingerprint density at radius 3 is 2.81 bits per heavy atom. The summed E-state index contributed by atoms with van der Waals surface area (Å²) in [5, 5.41) is 0.432. The van der Waals surface area contributed by atoms with E-state index in [2.05, 4.69) is 0 Å². The van der Waals surface area contributed by atoms with Crippen LogP contribution in [0.25, 0.3) is 0 Å². The molecule has 1 aromatic rings. The second-order valence-electron chi connectivity index (χ2n) is 3.72. The first-order chi connectivity index (χ1) is 7.58. The largest absolute Gasteiger partial charge is 0.371 e. The van der Waals surface area contributed by atoms with Crippen LogP contribution in [-0.4, -0.2) is 19.3 Å². The van der Waals surface area contributed by atoms with Crippen LogP contribution in [0.1, 0.15) is 18.6 Å². The van der Waals surface area contributed by atoms with Gasteiger partial charge in [0.1, 0.15) is 11.9 Å². The van der Waals surface area contributed by atoms with Crippen molar-refractivity contribution in [1.82, 2.24) is 0 Å². The van der Waals surface area contributed by atoms with Crippen LogP contribution in [0.4, 0.5) is 4.39 Å². The molecule has 16 heavy (non-hydrogen) atoms. The zero-order valence-corrected chi connectivity index (χ0v) is 10.2. The van der Waals surface area contributed by atoms with Gasteiger partial charge < -0.3 is 9.47 Å². The van der Waals surface area contributed by atoms with Crippen LogP contribution < -0.4 is 0 Å². The van der Waals surface area contributed by atoms with Gasteiger partial charge in [-0.1, -0.05) is 23.2 Å². The Balaban J connectivity index is 2.08. The zero-order chi connectivity index (χ0) is 11.7. The highest BCUT2D eigenvalue weighted by Gasteiger charge is 2.24. The van der Waals surface area contributed by atoms with Gasteiger partial charge in [-0.2, -0.15) is 0 Å². The molecule has 5 heteroatoms. The Morgan fingerprint density at radius 1 is 1.50 bits per heavy atom. The average Bonchev–Trinajstić information content (AvgIpc) is 3.03. The quantitative estimate of drug-likeness (QED) is 0.612. The third kappa shape index (κ3) is 2.86. The van der Waals surface area contributed by atoms with Crippen molar-refractivity contribution in [1.29, 1.82) is 0 Å². The minimum Gasteiger partial charge on any atom is -0.371 e. The lowest BCUT2D eigenvalue weighted by atomic mass is 10.1. The Bertz CT molecular complexity index is 394. The highest BCUT2D eigenvalue weighted by atomic mass is 35.5. The van der Waals surface area contributed by atoms with Gasteiger partial charge in [-0.3, -0.25) is 0 Å². The summed E-state index contributed by atoms with van der Waals surface area (Å²) < 4.78 is 23.8. The number of halogens is 3. The lowest BCUT2D eigenvalue weighted by Gasteiger charge is -2.14. The topological polar surface area (TPSA) is 21.8 Å². The summed E-state index contributed by atoms with van der Waals surface area (Å²) in [7, 11) is 0. The predicted molar refractivity (Wildman–Crippen MR) is 60.5 cm³/mol. The van der Waals surface area contributed by atoms with Crippen LogP contribution in [0.15, 0.2) is 12.1 Å². The van der Waals surface area contributed by atoms with Crippen LogP contribution in [0, 0.1) is 5.82 Å². The molecule has 1 aromatic carbocycles. The lowest BCUT2D eigenvalue weighted by Crippen LogP contribution is -2.07. The minimum absolute atomic E-state index is 0.0199. The number of hydrogen-bond donors (Lipinski definition) is 0. The normalized spacial score (nSPS) is 20.9. The second kappa shape index (κ2) is 4.88. The maximum atomic E-state index is 13.3. The van der Waals surface area contributed by atoms with Gasteiger partial charge in [0.2, 0.25) is 0 Å². The molecule has 1 heterocycles. The third-order valence-corrected chi connectivity index (χ3v) is 3.03. The van der Waals surface area contributed by atoms with Gasteiger partial charge in [0, 0.05) is 10.6 Å². The summed E-state index contributed by atoms with van der Waals surface area (Å²) in [6.45, 7) is 3.05. The van der Waals surface area contributed by atoms with E-state index in [4.69, 9.17) is 32.7 Å². The van der Waals surface area contributed by atoms with E-state index in [0.29, 0.717) is 17.2 Å². The standard InChI is InChI=1S/C11H11Cl2FO2/c1-6(15-4-7-5-16-7)8-2-11(14)10(13)3-9(8)12/h2-3,6-7H,4-5H2,1H3/t6-,7-/m0/s1. The highest BCUT2D eigenvalue weighted by Crippen LogP contribution is 2.30. The highest BCUT2D eigenvalue weighted by molar-refractivity contribution is 6.35. The molecule has 0 aromatic heterocycles. The maximum absolute atomic E-state index is 13.3. The van der Waals surface area contributed by atoms with Crippen molar-refractivity contribution in [2.24, 2.45) is 0 Å². The number of ether oxygens (including phenoxy) is 2. The molecule has 1 fully saturated rings. The summed E-state index contributed by atoms with van der Waals surface area (Å²) >= 11 is 11.6. The molecular weight excluding hydrogens is 254 g/mol. The number of hydrogen-bond acceptors (Lipinski definition) is 2. The Hall–Kier alpha value is -0.350. The van der Waals surface area contributed by atoms with Crippen molar-refractivity contribution in [2.75, 3.05) is 13.2 Å². The van der Waals surface area contributed by atoms with Crippen molar-refractivity contribution >= 4 is 23.2 Å². The molecule has 0 bridgehead atoms. The molecule has 0 radical (unpaired) electrons. The molecule has 1 saturated heterocycles. The Kier molecular flexibility index (Phi) is 3.70. The summed E-state index contributed by atoms with van der Waals surface area (Å²) in [6.07, 6.45) is -0.0955. The lowest BCUT2D eigenvalue weighted by molar-refractivity contribution is 0.0538. The van der Waals surface area contributed by atoms with Crippen LogP contribution >= 0.6 is 23.2 Å². The Morgan fingerprint density at radius 2 is 2.19 bits per heavy atom.